The molecule has 0 aromatic carbocycles. The summed E-state index contributed by atoms with van der Waals surface area (Å²) in [5.74, 6) is 0. The van der Waals surface area contributed by atoms with Crippen LogP contribution in [0.3, 0.4) is 0 Å². The minimum Gasteiger partial charge on any atom is -0.380 e. The maximum Gasteiger partial charge on any atom is 0.417 e. The summed E-state index contributed by atoms with van der Waals surface area (Å²) >= 11 is 1.44. The van der Waals surface area contributed by atoms with Gasteiger partial charge in [0.2, 0.25) is 0 Å². The van der Waals surface area contributed by atoms with Gasteiger partial charge in [0.25, 0.3) is 0 Å². The fourth-order valence-corrected chi connectivity index (χ4v) is 2.83. The molecule has 0 saturated carbocycles. The molecular formula is C12H15F3N2O2S. The minimum absolute atomic E-state index is 0.120. The van der Waals surface area contributed by atoms with E-state index >= 15 is 0 Å². The number of carbonyl (C=O) groups is 1. The highest BCUT2D eigenvalue weighted by Crippen LogP contribution is 2.38. The van der Waals surface area contributed by atoms with E-state index in [1.54, 1.807) is 5.38 Å². The Balaban J connectivity index is 1.94. The van der Waals surface area contributed by atoms with Crippen molar-refractivity contribution in [1.29, 1.82) is 0 Å². The van der Waals surface area contributed by atoms with Crippen LogP contribution in [-0.2, 0) is 0 Å². The van der Waals surface area contributed by atoms with E-state index in [-0.39, 0.29) is 13.1 Å². The summed E-state index contributed by atoms with van der Waals surface area (Å²) in [6.07, 6.45) is -5.64. The Morgan fingerprint density at radius 1 is 1.40 bits per heavy atom. The normalized spacial score (nSPS) is 18.9. The third-order valence-electron chi connectivity index (χ3n) is 3.50. The number of thiophene rings is 1. The molecule has 2 heterocycles. The van der Waals surface area contributed by atoms with Crippen LogP contribution in [0.15, 0.2) is 10.8 Å². The largest absolute Gasteiger partial charge is 0.417 e. The van der Waals surface area contributed by atoms with Gasteiger partial charge in [-0.25, -0.2) is 4.79 Å². The van der Waals surface area contributed by atoms with Gasteiger partial charge in [0, 0.05) is 31.3 Å². The van der Waals surface area contributed by atoms with Crippen LogP contribution in [0.25, 0.3) is 0 Å². The number of hydrogen-bond acceptors (Lipinski definition) is 3. The quantitative estimate of drug-likeness (QED) is 0.838. The van der Waals surface area contributed by atoms with E-state index in [0.29, 0.717) is 5.69 Å². The first-order chi connectivity index (χ1) is 9.23. The van der Waals surface area contributed by atoms with Crippen molar-refractivity contribution in [3.8, 4) is 0 Å². The number of anilines is 1. The molecule has 2 amide bonds. The molecule has 0 bridgehead atoms. The van der Waals surface area contributed by atoms with Crippen molar-refractivity contribution in [2.45, 2.75) is 31.5 Å². The van der Waals surface area contributed by atoms with E-state index in [1.807, 2.05) is 12.3 Å². The Bertz CT molecular complexity index is 493. The van der Waals surface area contributed by atoms with Gasteiger partial charge < -0.3 is 15.3 Å². The second-order valence-electron chi connectivity index (χ2n) is 4.92. The summed E-state index contributed by atoms with van der Waals surface area (Å²) in [4.78, 5) is 13.2. The van der Waals surface area contributed by atoms with Gasteiger partial charge in [0.1, 0.15) is 0 Å². The van der Waals surface area contributed by atoms with Crippen molar-refractivity contribution >= 4 is 23.1 Å². The number of alkyl halides is 3. The molecule has 1 fully saturated rings. The number of likely N-dealkylation sites (tertiary alicyclic amines) is 1. The number of rotatable bonds is 1. The SMILES string of the molecule is Cc1cscc1NC(=O)N1CCC(O)(C(F)(F)F)CC1. The summed E-state index contributed by atoms with van der Waals surface area (Å²) in [5.41, 5.74) is -1.11. The minimum atomic E-state index is -4.65. The molecule has 2 N–H and O–H groups in total. The highest BCUT2D eigenvalue weighted by atomic mass is 32.1. The van der Waals surface area contributed by atoms with Crippen LogP contribution in [0.2, 0.25) is 0 Å². The molecular weight excluding hydrogens is 293 g/mol. The highest BCUT2D eigenvalue weighted by Gasteiger charge is 2.54. The summed E-state index contributed by atoms with van der Waals surface area (Å²) in [6.45, 7) is 1.60. The summed E-state index contributed by atoms with van der Waals surface area (Å²) < 4.78 is 37.9. The average Bonchev–Trinajstić information content (AvgIpc) is 2.74. The third kappa shape index (κ3) is 2.90. The zero-order chi connectivity index (χ0) is 15.0. The van der Waals surface area contributed by atoms with Gasteiger partial charge >= 0.3 is 12.2 Å². The second kappa shape index (κ2) is 5.25. The maximum absolute atomic E-state index is 12.6. The number of amides is 2. The van der Waals surface area contributed by atoms with Crippen molar-refractivity contribution in [3.05, 3.63) is 16.3 Å². The number of piperidine rings is 1. The first kappa shape index (κ1) is 15.1. The number of urea groups is 1. The summed E-state index contributed by atoms with van der Waals surface area (Å²) in [7, 11) is 0. The predicted octanol–water partition coefficient (Wildman–Crippen LogP) is 2.98. The number of aryl methyl sites for hydroxylation is 1. The molecule has 1 aromatic rings. The van der Waals surface area contributed by atoms with E-state index in [2.05, 4.69) is 5.32 Å². The van der Waals surface area contributed by atoms with Gasteiger partial charge in [-0.15, -0.1) is 11.3 Å². The van der Waals surface area contributed by atoms with Gasteiger partial charge in [-0.1, -0.05) is 0 Å². The molecule has 4 nitrogen and oxygen atoms in total. The fraction of sp³-hybridized carbons (Fsp3) is 0.583. The Hall–Kier alpha value is -1.28. The Kier molecular flexibility index (Phi) is 3.97. The monoisotopic (exact) mass is 308 g/mol. The van der Waals surface area contributed by atoms with Crippen molar-refractivity contribution in [2.75, 3.05) is 18.4 Å². The molecule has 0 spiro atoms. The van der Waals surface area contributed by atoms with Gasteiger partial charge in [0.15, 0.2) is 5.60 Å². The number of aliphatic hydroxyl groups is 1. The molecule has 1 aliphatic heterocycles. The molecule has 112 valence electrons. The number of carbonyl (C=O) groups excluding carboxylic acids is 1. The molecule has 1 saturated heterocycles. The van der Waals surface area contributed by atoms with E-state index in [1.165, 1.54) is 16.2 Å². The molecule has 0 atom stereocenters. The van der Waals surface area contributed by atoms with E-state index in [0.717, 1.165) is 5.56 Å². The zero-order valence-electron chi connectivity index (χ0n) is 10.8. The average molecular weight is 308 g/mol. The van der Waals surface area contributed by atoms with Crippen LogP contribution in [-0.4, -0.2) is 40.9 Å². The Morgan fingerprint density at radius 2 is 2.00 bits per heavy atom. The molecule has 20 heavy (non-hydrogen) atoms. The lowest BCUT2D eigenvalue weighted by atomic mass is 9.91. The number of hydrogen-bond donors (Lipinski definition) is 2. The first-order valence-electron chi connectivity index (χ1n) is 6.11. The van der Waals surface area contributed by atoms with Gasteiger partial charge in [0.05, 0.1) is 5.69 Å². The van der Waals surface area contributed by atoms with Gasteiger partial charge in [-0.2, -0.15) is 13.2 Å². The molecule has 0 aliphatic carbocycles. The van der Waals surface area contributed by atoms with E-state index in [4.69, 9.17) is 0 Å². The Labute approximate surface area is 118 Å². The standard InChI is InChI=1S/C12H15F3N2O2S/c1-8-6-20-7-9(8)16-10(18)17-4-2-11(19,3-5-17)12(13,14)15/h6-7,19H,2-5H2,1H3,(H,16,18). The summed E-state index contributed by atoms with van der Waals surface area (Å²) in [6, 6.07) is -0.435. The lowest BCUT2D eigenvalue weighted by Gasteiger charge is -2.38. The zero-order valence-corrected chi connectivity index (χ0v) is 11.6. The maximum atomic E-state index is 12.6. The highest BCUT2D eigenvalue weighted by molar-refractivity contribution is 7.08. The number of nitrogens with one attached hydrogen (secondary N) is 1. The third-order valence-corrected chi connectivity index (χ3v) is 4.36. The number of nitrogens with zero attached hydrogens (tertiary/aromatic N) is 1. The van der Waals surface area contributed by atoms with Crippen LogP contribution in [0.5, 0.6) is 0 Å². The lowest BCUT2D eigenvalue weighted by molar-refractivity contribution is -0.271. The molecule has 2 rings (SSSR count). The van der Waals surface area contributed by atoms with Gasteiger partial charge in [-0.05, 0) is 17.9 Å². The summed E-state index contributed by atoms with van der Waals surface area (Å²) in [5, 5.41) is 15.8. The van der Waals surface area contributed by atoms with Crippen LogP contribution in [0.4, 0.5) is 23.7 Å². The topological polar surface area (TPSA) is 52.6 Å². The lowest BCUT2D eigenvalue weighted by Crippen LogP contribution is -2.55. The van der Waals surface area contributed by atoms with Gasteiger partial charge in [-0.3, -0.25) is 0 Å². The van der Waals surface area contributed by atoms with Crippen molar-refractivity contribution < 1.29 is 23.1 Å². The van der Waals surface area contributed by atoms with E-state index in [9.17, 15) is 23.1 Å². The molecule has 0 unspecified atom stereocenters. The van der Waals surface area contributed by atoms with Crippen molar-refractivity contribution in [2.24, 2.45) is 0 Å². The second-order valence-corrected chi connectivity index (χ2v) is 5.66. The fourth-order valence-electron chi connectivity index (χ4n) is 2.05. The molecule has 1 aliphatic rings. The van der Waals surface area contributed by atoms with E-state index < -0.39 is 30.7 Å². The first-order valence-corrected chi connectivity index (χ1v) is 7.05. The Morgan fingerprint density at radius 3 is 2.45 bits per heavy atom. The predicted molar refractivity (Wildman–Crippen MR) is 69.9 cm³/mol. The molecule has 1 aromatic heterocycles. The van der Waals surface area contributed by atoms with Crippen molar-refractivity contribution in [3.63, 3.8) is 0 Å². The number of halogens is 3. The van der Waals surface area contributed by atoms with Crippen LogP contribution in [0, 0.1) is 6.92 Å². The van der Waals surface area contributed by atoms with Crippen molar-refractivity contribution in [1.82, 2.24) is 4.90 Å². The van der Waals surface area contributed by atoms with Crippen LogP contribution in [0.1, 0.15) is 18.4 Å². The molecule has 0 radical (unpaired) electrons. The van der Waals surface area contributed by atoms with Crippen LogP contribution >= 0.6 is 11.3 Å². The smallest absolute Gasteiger partial charge is 0.380 e. The molecule has 8 heteroatoms. The van der Waals surface area contributed by atoms with Crippen LogP contribution < -0.4 is 5.32 Å².